The third kappa shape index (κ3) is 1.30. The maximum absolute atomic E-state index is 11.0. The Balaban J connectivity index is 2.83. The molecule has 0 spiro atoms. The number of nitrogens with one attached hydrogen (secondary N) is 1. The maximum atomic E-state index is 11.0. The normalized spacial score (nSPS) is 36.8. The number of hydrogen-bond acceptors (Lipinski definition) is 2. The van der Waals surface area contributed by atoms with Crippen LogP contribution >= 0.6 is 0 Å². The molecule has 1 amide bonds. The predicted octanol–water partition coefficient (Wildman–Crippen LogP) is 0.766. The lowest BCUT2D eigenvalue weighted by atomic mass is 9.99. The summed E-state index contributed by atoms with van der Waals surface area (Å²) < 4.78 is 0. The zero-order valence-electron chi connectivity index (χ0n) is 8.18. The maximum Gasteiger partial charge on any atom is 0.330 e. The fourth-order valence-electron chi connectivity index (χ4n) is 1.85. The fourth-order valence-corrected chi connectivity index (χ4v) is 1.85. The van der Waals surface area contributed by atoms with Crippen LogP contribution in [0.1, 0.15) is 33.6 Å². The van der Waals surface area contributed by atoms with Crippen molar-refractivity contribution in [1.82, 2.24) is 5.32 Å². The number of carbonyl (C=O) groups excluding carboxylic acids is 1. The van der Waals surface area contributed by atoms with E-state index in [4.69, 9.17) is 5.11 Å². The molecule has 74 valence electrons. The summed E-state index contributed by atoms with van der Waals surface area (Å²) >= 11 is 0. The summed E-state index contributed by atoms with van der Waals surface area (Å²) in [6.07, 6.45) is 1.30. The minimum absolute atomic E-state index is 0.273. The van der Waals surface area contributed by atoms with Gasteiger partial charge in [0.1, 0.15) is 5.54 Å². The molecule has 0 heterocycles. The first-order chi connectivity index (χ1) is 5.88. The van der Waals surface area contributed by atoms with Gasteiger partial charge in [-0.1, -0.05) is 13.8 Å². The number of carbonyl (C=O) groups is 2. The van der Waals surface area contributed by atoms with Crippen molar-refractivity contribution in [3.05, 3.63) is 0 Å². The molecule has 2 N–H and O–H groups in total. The number of aliphatic carboxylic acids is 1. The van der Waals surface area contributed by atoms with Crippen molar-refractivity contribution in [2.75, 3.05) is 0 Å². The zero-order valence-corrected chi connectivity index (χ0v) is 8.18. The highest BCUT2D eigenvalue weighted by Gasteiger charge is 2.69. The summed E-state index contributed by atoms with van der Waals surface area (Å²) in [7, 11) is 0. The third-order valence-electron chi connectivity index (χ3n) is 3.10. The van der Waals surface area contributed by atoms with Crippen molar-refractivity contribution in [2.24, 2.45) is 5.41 Å². The van der Waals surface area contributed by atoms with Gasteiger partial charge in [0.2, 0.25) is 5.91 Å². The summed E-state index contributed by atoms with van der Waals surface area (Å²) in [5, 5.41) is 11.5. The van der Waals surface area contributed by atoms with Crippen molar-refractivity contribution in [1.29, 1.82) is 0 Å². The van der Waals surface area contributed by atoms with Gasteiger partial charge >= 0.3 is 5.97 Å². The lowest BCUT2D eigenvalue weighted by Gasteiger charge is -2.18. The van der Waals surface area contributed by atoms with Crippen LogP contribution in [0.2, 0.25) is 0 Å². The van der Waals surface area contributed by atoms with Crippen LogP contribution in [0.15, 0.2) is 0 Å². The highest BCUT2D eigenvalue weighted by Crippen LogP contribution is 2.58. The molecule has 0 aromatic carbocycles. The van der Waals surface area contributed by atoms with Crippen LogP contribution in [0, 0.1) is 5.41 Å². The highest BCUT2D eigenvalue weighted by atomic mass is 16.4. The number of amides is 1. The molecule has 1 aliphatic rings. The molecule has 0 aromatic rings. The quantitative estimate of drug-likeness (QED) is 0.682. The van der Waals surface area contributed by atoms with Crippen molar-refractivity contribution in [3.8, 4) is 0 Å². The van der Waals surface area contributed by atoms with Gasteiger partial charge in [-0.25, -0.2) is 4.79 Å². The molecule has 1 saturated carbocycles. The van der Waals surface area contributed by atoms with Gasteiger partial charge in [0.05, 0.1) is 0 Å². The second-order valence-corrected chi connectivity index (χ2v) is 3.98. The molecule has 1 aliphatic carbocycles. The standard InChI is InChI=1S/C9H15NO3/c1-4-8(3)5-9(8,7(12)13)10-6(2)11/h4-5H2,1-3H3,(H,10,11)(H,12,13)/t8-,9+/m0/s1. The Morgan fingerprint density at radius 1 is 1.54 bits per heavy atom. The van der Waals surface area contributed by atoms with Gasteiger partial charge in [-0.3, -0.25) is 4.79 Å². The van der Waals surface area contributed by atoms with Crippen LogP contribution < -0.4 is 5.32 Å². The third-order valence-corrected chi connectivity index (χ3v) is 3.10. The van der Waals surface area contributed by atoms with E-state index in [9.17, 15) is 9.59 Å². The minimum Gasteiger partial charge on any atom is -0.479 e. The number of rotatable bonds is 3. The zero-order chi connectivity index (χ0) is 10.3. The second-order valence-electron chi connectivity index (χ2n) is 3.98. The van der Waals surface area contributed by atoms with Crippen molar-refractivity contribution in [2.45, 2.75) is 39.2 Å². The van der Waals surface area contributed by atoms with Crippen molar-refractivity contribution in [3.63, 3.8) is 0 Å². The number of hydrogen-bond donors (Lipinski definition) is 2. The van der Waals surface area contributed by atoms with Crippen LogP contribution in [0.3, 0.4) is 0 Å². The second kappa shape index (κ2) is 2.72. The first-order valence-corrected chi connectivity index (χ1v) is 4.40. The minimum atomic E-state index is -1.01. The Morgan fingerprint density at radius 2 is 2.08 bits per heavy atom. The van der Waals surface area contributed by atoms with Crippen LogP contribution in [0.5, 0.6) is 0 Å². The van der Waals surface area contributed by atoms with Gasteiger partial charge in [-0.2, -0.15) is 0 Å². The molecule has 0 bridgehead atoms. The van der Waals surface area contributed by atoms with E-state index in [1.165, 1.54) is 6.92 Å². The van der Waals surface area contributed by atoms with Gasteiger partial charge in [0.25, 0.3) is 0 Å². The molecule has 0 aliphatic heterocycles. The molecule has 2 atom stereocenters. The smallest absolute Gasteiger partial charge is 0.330 e. The number of carboxylic acid groups (broad SMARTS) is 1. The Morgan fingerprint density at radius 3 is 2.31 bits per heavy atom. The van der Waals surface area contributed by atoms with Crippen LogP contribution in [0.4, 0.5) is 0 Å². The number of carboxylic acids is 1. The van der Waals surface area contributed by atoms with E-state index >= 15 is 0 Å². The molecule has 1 fully saturated rings. The van der Waals surface area contributed by atoms with E-state index in [1.807, 2.05) is 13.8 Å². The monoisotopic (exact) mass is 185 g/mol. The fraction of sp³-hybridized carbons (Fsp3) is 0.778. The van der Waals surface area contributed by atoms with E-state index in [0.717, 1.165) is 6.42 Å². The molecule has 0 aromatic heterocycles. The van der Waals surface area contributed by atoms with E-state index in [0.29, 0.717) is 6.42 Å². The van der Waals surface area contributed by atoms with Gasteiger partial charge in [-0.05, 0) is 12.8 Å². The van der Waals surface area contributed by atoms with Crippen LogP contribution in [-0.4, -0.2) is 22.5 Å². The molecule has 0 saturated heterocycles. The van der Waals surface area contributed by atoms with E-state index in [2.05, 4.69) is 5.32 Å². The van der Waals surface area contributed by atoms with Gasteiger partial charge in [0.15, 0.2) is 0 Å². The SMILES string of the molecule is CC[C@@]1(C)C[C@@]1(NC(C)=O)C(=O)O. The largest absolute Gasteiger partial charge is 0.479 e. The first kappa shape index (κ1) is 10.0. The molecule has 0 radical (unpaired) electrons. The lowest BCUT2D eigenvalue weighted by molar-refractivity contribution is -0.144. The molecule has 0 unspecified atom stereocenters. The average Bonchev–Trinajstić information content (AvgIpc) is 2.58. The van der Waals surface area contributed by atoms with Gasteiger partial charge in [0, 0.05) is 12.3 Å². The van der Waals surface area contributed by atoms with Crippen LogP contribution in [-0.2, 0) is 9.59 Å². The molecule has 4 nitrogen and oxygen atoms in total. The Labute approximate surface area is 77.3 Å². The average molecular weight is 185 g/mol. The molecule has 1 rings (SSSR count). The van der Waals surface area contributed by atoms with E-state index in [-0.39, 0.29) is 11.3 Å². The Hall–Kier alpha value is -1.06. The summed E-state index contributed by atoms with van der Waals surface area (Å²) in [6, 6.07) is 0. The van der Waals surface area contributed by atoms with E-state index < -0.39 is 11.5 Å². The molecular formula is C9H15NO3. The van der Waals surface area contributed by atoms with Crippen molar-refractivity contribution < 1.29 is 14.7 Å². The molecule has 13 heavy (non-hydrogen) atoms. The molecular weight excluding hydrogens is 170 g/mol. The van der Waals surface area contributed by atoms with Gasteiger partial charge < -0.3 is 10.4 Å². The predicted molar refractivity (Wildman–Crippen MR) is 47.2 cm³/mol. The summed E-state index contributed by atoms with van der Waals surface area (Å²) in [5.41, 5.74) is -1.28. The van der Waals surface area contributed by atoms with Gasteiger partial charge in [-0.15, -0.1) is 0 Å². The summed E-state index contributed by atoms with van der Waals surface area (Å²) in [6.45, 7) is 5.17. The van der Waals surface area contributed by atoms with Crippen LogP contribution in [0.25, 0.3) is 0 Å². The Bertz CT molecular complexity index is 264. The first-order valence-electron chi connectivity index (χ1n) is 4.40. The Kier molecular flexibility index (Phi) is 2.10. The molecule has 4 heteroatoms. The van der Waals surface area contributed by atoms with E-state index in [1.54, 1.807) is 0 Å². The highest BCUT2D eigenvalue weighted by molar-refractivity contribution is 5.90. The van der Waals surface area contributed by atoms with Crippen molar-refractivity contribution >= 4 is 11.9 Å². The summed E-state index contributed by atoms with van der Waals surface area (Å²) in [4.78, 5) is 21.8. The lowest BCUT2D eigenvalue weighted by Crippen LogP contribution is -2.46. The summed E-state index contributed by atoms with van der Waals surface area (Å²) in [5.74, 6) is -1.20. The topological polar surface area (TPSA) is 66.4 Å².